The second kappa shape index (κ2) is 11.2. The van der Waals surface area contributed by atoms with Crippen molar-refractivity contribution < 1.29 is 9.59 Å². The summed E-state index contributed by atoms with van der Waals surface area (Å²) in [7, 11) is 0. The maximum atomic E-state index is 13.0. The Balaban J connectivity index is 1.22. The number of piperidine rings is 1. The second-order valence-electron chi connectivity index (χ2n) is 9.79. The number of nitrogens with one attached hydrogen (secondary N) is 1. The molecule has 1 aliphatic carbocycles. The zero-order chi connectivity index (χ0) is 22.3. The number of carbonyl (C=O) groups is 2. The van der Waals surface area contributed by atoms with Gasteiger partial charge in [0.15, 0.2) is 0 Å². The van der Waals surface area contributed by atoms with E-state index in [0.717, 1.165) is 70.1 Å². The van der Waals surface area contributed by atoms with Crippen LogP contribution in [-0.2, 0) is 6.42 Å². The topological polar surface area (TPSA) is 55.9 Å². The molecular weight excluding hydrogens is 400 g/mol. The molecule has 0 aromatic heterocycles. The molecule has 2 aliphatic heterocycles. The molecule has 6 heteroatoms. The van der Waals surface area contributed by atoms with Crippen LogP contribution in [0.15, 0.2) is 24.3 Å². The highest BCUT2D eigenvalue weighted by molar-refractivity contribution is 5.94. The minimum Gasteiger partial charge on any atom is -0.338 e. The molecule has 0 bridgehead atoms. The van der Waals surface area contributed by atoms with E-state index in [-0.39, 0.29) is 11.9 Å². The van der Waals surface area contributed by atoms with E-state index in [2.05, 4.69) is 22.3 Å². The van der Waals surface area contributed by atoms with Crippen molar-refractivity contribution in [2.45, 2.75) is 64.3 Å². The highest BCUT2D eigenvalue weighted by Crippen LogP contribution is 2.25. The first-order valence-corrected chi connectivity index (χ1v) is 12.8. The van der Waals surface area contributed by atoms with E-state index in [1.165, 1.54) is 37.7 Å². The van der Waals surface area contributed by atoms with E-state index in [1.807, 2.05) is 28.9 Å². The lowest BCUT2D eigenvalue weighted by molar-refractivity contribution is 0.0523. The fourth-order valence-electron chi connectivity index (χ4n) is 5.64. The first kappa shape index (κ1) is 23.1. The molecule has 0 spiro atoms. The fourth-order valence-corrected chi connectivity index (χ4v) is 5.64. The van der Waals surface area contributed by atoms with E-state index >= 15 is 0 Å². The van der Waals surface area contributed by atoms with Crippen LogP contribution in [0.3, 0.4) is 0 Å². The van der Waals surface area contributed by atoms with Gasteiger partial charge in [0.05, 0.1) is 0 Å². The Bertz CT molecular complexity index is 744. The first-order chi connectivity index (χ1) is 15.6. The molecule has 3 aliphatic rings. The standard InChI is InChI=1S/C26H40N4O2/c1-2-27-26(32)30-14-12-22(13-15-30)20-21-8-10-23(11-9-21)25(31)29-18-16-28(17-19-29)24-6-4-3-5-7-24/h8-11,22,24H,2-7,12-20H2,1H3,(H,27,32). The number of likely N-dealkylation sites (tertiary alicyclic amines) is 1. The van der Waals surface area contributed by atoms with Gasteiger partial charge in [-0.2, -0.15) is 0 Å². The Morgan fingerprint density at radius 2 is 1.50 bits per heavy atom. The summed E-state index contributed by atoms with van der Waals surface area (Å²) in [6, 6.07) is 9.08. The van der Waals surface area contributed by atoms with Gasteiger partial charge >= 0.3 is 6.03 Å². The summed E-state index contributed by atoms with van der Waals surface area (Å²) in [5.74, 6) is 0.783. The summed E-state index contributed by atoms with van der Waals surface area (Å²) in [6.45, 7) is 8.03. The molecule has 4 rings (SSSR count). The number of amides is 3. The number of benzene rings is 1. The number of urea groups is 1. The van der Waals surface area contributed by atoms with Crippen LogP contribution in [0.5, 0.6) is 0 Å². The number of piperazine rings is 1. The largest absolute Gasteiger partial charge is 0.338 e. The maximum Gasteiger partial charge on any atom is 0.317 e. The zero-order valence-electron chi connectivity index (χ0n) is 19.7. The molecule has 2 heterocycles. The lowest BCUT2D eigenvalue weighted by Crippen LogP contribution is -2.52. The summed E-state index contributed by atoms with van der Waals surface area (Å²) in [4.78, 5) is 31.5. The van der Waals surface area contributed by atoms with E-state index < -0.39 is 0 Å². The molecule has 1 aromatic carbocycles. The first-order valence-electron chi connectivity index (χ1n) is 12.8. The molecule has 3 amide bonds. The molecule has 3 fully saturated rings. The monoisotopic (exact) mass is 440 g/mol. The van der Waals surface area contributed by atoms with E-state index in [0.29, 0.717) is 12.5 Å². The number of rotatable bonds is 5. The molecule has 1 saturated carbocycles. The van der Waals surface area contributed by atoms with Crippen LogP contribution >= 0.6 is 0 Å². The van der Waals surface area contributed by atoms with E-state index in [9.17, 15) is 9.59 Å². The predicted octanol–water partition coefficient (Wildman–Crippen LogP) is 3.76. The van der Waals surface area contributed by atoms with Crippen LogP contribution in [0.2, 0.25) is 0 Å². The van der Waals surface area contributed by atoms with Gasteiger partial charge in [-0.1, -0.05) is 31.4 Å². The highest BCUT2D eigenvalue weighted by Gasteiger charge is 2.27. The number of nitrogens with zero attached hydrogens (tertiary/aromatic N) is 3. The molecule has 0 atom stereocenters. The predicted molar refractivity (Wildman–Crippen MR) is 128 cm³/mol. The van der Waals surface area contributed by atoms with Gasteiger partial charge in [-0.25, -0.2) is 4.79 Å². The Hall–Kier alpha value is -2.08. The Labute approximate surface area is 193 Å². The minimum absolute atomic E-state index is 0.0633. The van der Waals surface area contributed by atoms with Gasteiger partial charge in [-0.3, -0.25) is 9.69 Å². The highest BCUT2D eigenvalue weighted by atomic mass is 16.2. The van der Waals surface area contributed by atoms with Crippen molar-refractivity contribution in [2.24, 2.45) is 5.92 Å². The van der Waals surface area contributed by atoms with Crippen LogP contribution < -0.4 is 5.32 Å². The maximum absolute atomic E-state index is 13.0. The van der Waals surface area contributed by atoms with E-state index in [4.69, 9.17) is 0 Å². The third-order valence-electron chi connectivity index (χ3n) is 7.65. The summed E-state index contributed by atoms with van der Waals surface area (Å²) in [5.41, 5.74) is 2.10. The Kier molecular flexibility index (Phi) is 8.06. The minimum atomic E-state index is 0.0633. The molecule has 1 N–H and O–H groups in total. The van der Waals surface area contributed by atoms with Crippen molar-refractivity contribution >= 4 is 11.9 Å². The molecule has 0 radical (unpaired) electrons. The Morgan fingerprint density at radius 3 is 2.12 bits per heavy atom. The van der Waals surface area contributed by atoms with Crippen molar-refractivity contribution in [2.75, 3.05) is 45.8 Å². The van der Waals surface area contributed by atoms with Crippen LogP contribution in [0.4, 0.5) is 4.79 Å². The lowest BCUT2D eigenvalue weighted by Gasteiger charge is -2.40. The van der Waals surface area contributed by atoms with Gasteiger partial charge in [0, 0.05) is 57.4 Å². The quantitative estimate of drug-likeness (QED) is 0.759. The normalized spacial score (nSPS) is 21.5. The van der Waals surface area contributed by atoms with Gasteiger partial charge in [0.25, 0.3) is 5.91 Å². The number of hydrogen-bond donors (Lipinski definition) is 1. The molecule has 6 nitrogen and oxygen atoms in total. The summed E-state index contributed by atoms with van der Waals surface area (Å²) < 4.78 is 0. The fraction of sp³-hybridized carbons (Fsp3) is 0.692. The second-order valence-corrected chi connectivity index (χ2v) is 9.79. The van der Waals surface area contributed by atoms with Crippen LogP contribution in [0, 0.1) is 5.92 Å². The molecule has 176 valence electrons. The van der Waals surface area contributed by atoms with Crippen molar-refractivity contribution in [1.29, 1.82) is 0 Å². The van der Waals surface area contributed by atoms with Crippen LogP contribution in [0.25, 0.3) is 0 Å². The van der Waals surface area contributed by atoms with Crippen molar-refractivity contribution in [1.82, 2.24) is 20.0 Å². The average molecular weight is 441 g/mol. The van der Waals surface area contributed by atoms with Crippen molar-refractivity contribution in [3.63, 3.8) is 0 Å². The van der Waals surface area contributed by atoms with Gasteiger partial charge in [0.1, 0.15) is 0 Å². The molecule has 2 saturated heterocycles. The summed E-state index contributed by atoms with van der Waals surface area (Å²) in [6.07, 6.45) is 9.90. The average Bonchev–Trinajstić information content (AvgIpc) is 2.85. The molecule has 0 unspecified atom stereocenters. The molecule has 1 aromatic rings. The van der Waals surface area contributed by atoms with Crippen LogP contribution in [-0.4, -0.2) is 78.5 Å². The van der Waals surface area contributed by atoms with Gasteiger partial charge < -0.3 is 15.1 Å². The molecule has 32 heavy (non-hydrogen) atoms. The third-order valence-corrected chi connectivity index (χ3v) is 7.65. The SMILES string of the molecule is CCNC(=O)N1CCC(Cc2ccc(C(=O)N3CCN(C4CCCCC4)CC3)cc2)CC1. The third kappa shape index (κ3) is 5.83. The summed E-state index contributed by atoms with van der Waals surface area (Å²) >= 11 is 0. The van der Waals surface area contributed by atoms with Crippen molar-refractivity contribution in [3.05, 3.63) is 35.4 Å². The smallest absolute Gasteiger partial charge is 0.317 e. The van der Waals surface area contributed by atoms with Crippen LogP contribution in [0.1, 0.15) is 67.8 Å². The number of carbonyl (C=O) groups excluding carboxylic acids is 2. The summed E-state index contributed by atoms with van der Waals surface area (Å²) in [5, 5.41) is 2.89. The zero-order valence-corrected chi connectivity index (χ0v) is 19.7. The van der Waals surface area contributed by atoms with Gasteiger partial charge in [-0.05, 0) is 62.6 Å². The number of hydrogen-bond acceptors (Lipinski definition) is 3. The van der Waals surface area contributed by atoms with Crippen molar-refractivity contribution in [3.8, 4) is 0 Å². The van der Waals surface area contributed by atoms with E-state index in [1.54, 1.807) is 0 Å². The Morgan fingerprint density at radius 1 is 0.844 bits per heavy atom. The van der Waals surface area contributed by atoms with Gasteiger partial charge in [-0.15, -0.1) is 0 Å². The lowest BCUT2D eigenvalue weighted by atomic mass is 9.90. The molecular formula is C26H40N4O2. The van der Waals surface area contributed by atoms with Gasteiger partial charge in [0.2, 0.25) is 0 Å².